The predicted octanol–water partition coefficient (Wildman–Crippen LogP) is 6.48. The molecule has 7 nitrogen and oxygen atoms in total. The average molecular weight is 528 g/mol. The van der Waals surface area contributed by atoms with E-state index in [0.717, 1.165) is 48.5 Å². The maximum absolute atomic E-state index is 12.9. The summed E-state index contributed by atoms with van der Waals surface area (Å²) in [7, 11) is -2.98. The molecule has 1 atom stereocenters. The zero-order valence-electron chi connectivity index (χ0n) is 20.8. The van der Waals surface area contributed by atoms with Gasteiger partial charge in [0.1, 0.15) is 0 Å². The second-order valence-corrected chi connectivity index (χ2v) is 12.1. The van der Waals surface area contributed by atoms with Crippen molar-refractivity contribution in [3.05, 3.63) is 71.1 Å². The van der Waals surface area contributed by atoms with Crippen molar-refractivity contribution in [2.45, 2.75) is 39.3 Å². The molecule has 1 aromatic heterocycles. The highest BCUT2D eigenvalue weighted by molar-refractivity contribution is 7.53. The largest absolute Gasteiger partial charge is 0.397 e. The van der Waals surface area contributed by atoms with E-state index >= 15 is 0 Å². The van der Waals surface area contributed by atoms with Crippen LogP contribution in [0.15, 0.2) is 60.0 Å². The van der Waals surface area contributed by atoms with Crippen LogP contribution in [0.25, 0.3) is 10.4 Å². The van der Waals surface area contributed by atoms with Gasteiger partial charge in [-0.05, 0) is 66.6 Å². The lowest BCUT2D eigenvalue weighted by atomic mass is 10.1. The molecule has 3 aromatic rings. The van der Waals surface area contributed by atoms with Gasteiger partial charge in [0.2, 0.25) is 0 Å². The lowest BCUT2D eigenvalue weighted by Crippen LogP contribution is -2.36. The first kappa shape index (κ1) is 26.6. The Morgan fingerprint density at radius 3 is 2.53 bits per heavy atom. The molecule has 1 aliphatic heterocycles. The summed E-state index contributed by atoms with van der Waals surface area (Å²) < 4.78 is 23.8. The molecule has 2 aromatic carbocycles. The lowest BCUT2D eigenvalue weighted by Gasteiger charge is -2.33. The molecule has 0 radical (unpaired) electrons. The summed E-state index contributed by atoms with van der Waals surface area (Å²) in [4.78, 5) is 16.3. The molecule has 192 valence electrons. The van der Waals surface area contributed by atoms with Crippen LogP contribution in [0.1, 0.15) is 42.6 Å². The number of carbonyl (C=O) groups excluding carboxylic acids is 1. The van der Waals surface area contributed by atoms with E-state index in [1.54, 1.807) is 11.3 Å². The Kier molecular flexibility index (Phi) is 8.99. The number of rotatable bonds is 10. The Hall–Kier alpha value is -2.48. The number of anilines is 2. The predicted molar refractivity (Wildman–Crippen MR) is 148 cm³/mol. The first-order valence-electron chi connectivity index (χ1n) is 12.4. The van der Waals surface area contributed by atoms with E-state index < -0.39 is 7.60 Å². The van der Waals surface area contributed by atoms with Crippen molar-refractivity contribution in [3.63, 3.8) is 0 Å². The monoisotopic (exact) mass is 527 g/mol. The molecule has 1 fully saturated rings. The van der Waals surface area contributed by atoms with Gasteiger partial charge in [0.05, 0.1) is 24.1 Å². The Morgan fingerprint density at radius 1 is 1.14 bits per heavy atom. The Balaban J connectivity index is 1.30. The number of carbonyl (C=O) groups is 1. The van der Waals surface area contributed by atoms with Crippen molar-refractivity contribution in [2.24, 2.45) is 0 Å². The van der Waals surface area contributed by atoms with Crippen LogP contribution >= 0.6 is 18.9 Å². The number of benzene rings is 2. The summed E-state index contributed by atoms with van der Waals surface area (Å²) in [6, 6.07) is 17.4. The van der Waals surface area contributed by atoms with Crippen LogP contribution in [0.3, 0.4) is 0 Å². The smallest absolute Gasteiger partial charge is 0.330 e. The van der Waals surface area contributed by atoms with Gasteiger partial charge in [-0.2, -0.15) is 0 Å². The quantitative estimate of drug-likeness (QED) is 0.232. The van der Waals surface area contributed by atoms with Crippen LogP contribution in [-0.4, -0.2) is 42.8 Å². The fourth-order valence-corrected chi connectivity index (χ4v) is 6.44. The van der Waals surface area contributed by atoms with E-state index in [1.165, 1.54) is 0 Å². The number of nitrogens with zero attached hydrogens (tertiary/aromatic N) is 1. The molecule has 4 rings (SSSR count). The molecular formula is C27H34N3O4PS. The SMILES string of the molecule is CCOP(=O)(CC)OC1CCN(Cc2ccc(C(=O)Nc3cc(-c4cccs4)ccc3N)cc2)CC1. The molecule has 1 saturated heterocycles. The molecule has 1 unspecified atom stereocenters. The van der Waals surface area contributed by atoms with Gasteiger partial charge >= 0.3 is 7.60 Å². The van der Waals surface area contributed by atoms with Gasteiger partial charge in [0.25, 0.3) is 5.91 Å². The fraction of sp³-hybridized carbons (Fsp3) is 0.370. The second kappa shape index (κ2) is 12.2. The van der Waals surface area contributed by atoms with Crippen LogP contribution in [-0.2, 0) is 20.2 Å². The summed E-state index contributed by atoms with van der Waals surface area (Å²) in [6.45, 7) is 6.59. The average Bonchev–Trinajstić information content (AvgIpc) is 3.42. The first-order valence-corrected chi connectivity index (χ1v) is 15.0. The summed E-state index contributed by atoms with van der Waals surface area (Å²) in [5, 5.41) is 4.97. The van der Waals surface area contributed by atoms with Crippen molar-refractivity contribution in [1.29, 1.82) is 0 Å². The number of nitrogens with one attached hydrogen (secondary N) is 1. The number of hydrogen-bond donors (Lipinski definition) is 2. The molecule has 0 bridgehead atoms. The van der Waals surface area contributed by atoms with Gasteiger partial charge in [0, 0.05) is 36.2 Å². The molecule has 0 saturated carbocycles. The van der Waals surface area contributed by atoms with Crippen molar-refractivity contribution >= 4 is 36.2 Å². The number of hydrogen-bond acceptors (Lipinski definition) is 7. The highest BCUT2D eigenvalue weighted by atomic mass is 32.1. The maximum Gasteiger partial charge on any atom is 0.330 e. The fourth-order valence-electron chi connectivity index (χ4n) is 4.27. The van der Waals surface area contributed by atoms with Crippen LogP contribution in [0.2, 0.25) is 0 Å². The van der Waals surface area contributed by atoms with Crippen molar-refractivity contribution in [1.82, 2.24) is 4.90 Å². The zero-order chi connectivity index (χ0) is 25.5. The number of amides is 1. The van der Waals surface area contributed by atoms with E-state index in [9.17, 15) is 9.36 Å². The van der Waals surface area contributed by atoms with Crippen LogP contribution in [0.4, 0.5) is 11.4 Å². The summed E-state index contributed by atoms with van der Waals surface area (Å²) in [5.41, 5.74) is 10.00. The number of likely N-dealkylation sites (tertiary alicyclic amines) is 1. The van der Waals surface area contributed by atoms with Gasteiger partial charge in [0.15, 0.2) is 0 Å². The lowest BCUT2D eigenvalue weighted by molar-refractivity contribution is 0.0791. The van der Waals surface area contributed by atoms with Gasteiger partial charge in [-0.1, -0.05) is 31.2 Å². The Morgan fingerprint density at radius 2 is 1.89 bits per heavy atom. The highest BCUT2D eigenvalue weighted by Gasteiger charge is 2.29. The van der Waals surface area contributed by atoms with E-state index in [-0.39, 0.29) is 12.0 Å². The Labute approximate surface area is 217 Å². The zero-order valence-corrected chi connectivity index (χ0v) is 22.5. The molecule has 1 amide bonds. The van der Waals surface area contributed by atoms with Crippen molar-refractivity contribution < 1.29 is 18.4 Å². The number of nitrogens with two attached hydrogens (primary N) is 1. The third kappa shape index (κ3) is 6.84. The number of nitrogen functional groups attached to an aromatic ring is 1. The molecule has 0 aliphatic carbocycles. The summed E-state index contributed by atoms with van der Waals surface area (Å²) >= 11 is 1.64. The molecule has 0 spiro atoms. The first-order chi connectivity index (χ1) is 17.4. The van der Waals surface area contributed by atoms with Crippen LogP contribution < -0.4 is 11.1 Å². The summed E-state index contributed by atoms with van der Waals surface area (Å²) in [6.07, 6.45) is 2.01. The van der Waals surface area contributed by atoms with Gasteiger partial charge < -0.3 is 20.1 Å². The standard InChI is InChI=1S/C27H34N3O4PS/c1-3-33-35(32,4-2)34-23-13-15-30(16-14-23)19-20-7-9-21(10-8-20)27(31)29-25-18-22(11-12-24(25)28)26-6-5-17-36-26/h5-12,17-18,23H,3-4,13-16,19,28H2,1-2H3,(H,29,31). The molecule has 2 heterocycles. The molecule has 3 N–H and O–H groups in total. The maximum atomic E-state index is 12.9. The van der Waals surface area contributed by atoms with Crippen LogP contribution in [0, 0.1) is 0 Å². The summed E-state index contributed by atoms with van der Waals surface area (Å²) in [5.74, 6) is -0.191. The van der Waals surface area contributed by atoms with Gasteiger partial charge in [-0.25, -0.2) is 0 Å². The minimum atomic E-state index is -2.98. The molecule has 9 heteroatoms. The topological polar surface area (TPSA) is 93.9 Å². The molecule has 1 aliphatic rings. The minimum Gasteiger partial charge on any atom is -0.397 e. The van der Waals surface area contributed by atoms with Crippen LogP contribution in [0.5, 0.6) is 0 Å². The normalized spacial score (nSPS) is 16.5. The van der Waals surface area contributed by atoms with E-state index in [2.05, 4.69) is 10.2 Å². The van der Waals surface area contributed by atoms with Gasteiger partial charge in [-0.3, -0.25) is 14.3 Å². The van der Waals surface area contributed by atoms with E-state index in [0.29, 0.717) is 29.7 Å². The minimum absolute atomic E-state index is 0.0320. The van der Waals surface area contributed by atoms with Gasteiger partial charge in [-0.15, -0.1) is 11.3 Å². The van der Waals surface area contributed by atoms with Crippen molar-refractivity contribution in [2.75, 3.05) is 36.9 Å². The third-order valence-corrected chi connectivity index (χ3v) is 9.25. The molecular weight excluding hydrogens is 493 g/mol. The number of thiophene rings is 1. The second-order valence-electron chi connectivity index (χ2n) is 8.86. The Bertz CT molecular complexity index is 1190. The highest BCUT2D eigenvalue weighted by Crippen LogP contribution is 2.49. The van der Waals surface area contributed by atoms with E-state index in [1.807, 2.05) is 73.8 Å². The van der Waals surface area contributed by atoms with Crippen molar-refractivity contribution in [3.8, 4) is 10.4 Å². The number of piperidine rings is 1. The molecule has 36 heavy (non-hydrogen) atoms. The third-order valence-electron chi connectivity index (χ3n) is 6.29. The van der Waals surface area contributed by atoms with E-state index in [4.69, 9.17) is 14.8 Å².